The van der Waals surface area contributed by atoms with Gasteiger partial charge in [0.25, 0.3) is 0 Å². The zero-order chi connectivity index (χ0) is 12.9. The lowest BCUT2D eigenvalue weighted by Crippen LogP contribution is -2.17. The number of hydrogen-bond acceptors (Lipinski definition) is 2. The fourth-order valence-corrected chi connectivity index (χ4v) is 2.19. The summed E-state index contributed by atoms with van der Waals surface area (Å²) in [7, 11) is 0. The molecule has 0 bridgehead atoms. The molecule has 1 fully saturated rings. The Kier molecular flexibility index (Phi) is 10.6. The van der Waals surface area contributed by atoms with Crippen molar-refractivity contribution < 1.29 is 4.74 Å². The zero-order valence-electron chi connectivity index (χ0n) is 12.4. The Labute approximate surface area is 114 Å². The summed E-state index contributed by atoms with van der Waals surface area (Å²) in [6.45, 7) is 5.44. The van der Waals surface area contributed by atoms with Gasteiger partial charge in [-0.3, -0.25) is 0 Å². The molecule has 1 rings (SSSR count). The molecule has 0 aromatic carbocycles. The van der Waals surface area contributed by atoms with E-state index in [1.54, 1.807) is 0 Å². The topological polar surface area (TPSA) is 21.3 Å². The van der Waals surface area contributed by atoms with Crippen molar-refractivity contribution >= 4 is 0 Å². The van der Waals surface area contributed by atoms with Crippen LogP contribution in [-0.4, -0.2) is 25.8 Å². The van der Waals surface area contributed by atoms with Crippen LogP contribution in [0.5, 0.6) is 0 Å². The first kappa shape index (κ1) is 16.0. The molecule has 1 aliphatic rings. The van der Waals surface area contributed by atoms with Crippen LogP contribution < -0.4 is 5.32 Å². The molecule has 0 aromatic rings. The van der Waals surface area contributed by atoms with Crippen molar-refractivity contribution in [2.75, 3.05) is 19.8 Å². The van der Waals surface area contributed by atoms with Gasteiger partial charge in [0.1, 0.15) is 0 Å². The van der Waals surface area contributed by atoms with E-state index in [1.165, 1.54) is 77.2 Å². The Bertz CT molecular complexity index is 168. The summed E-state index contributed by atoms with van der Waals surface area (Å²) in [5.74, 6) is 0. The summed E-state index contributed by atoms with van der Waals surface area (Å²) < 4.78 is 5.65. The normalized spacial score (nSPS) is 15.2. The van der Waals surface area contributed by atoms with Crippen LogP contribution in [0.4, 0.5) is 0 Å². The number of ether oxygens (including phenoxy) is 1. The third-order valence-corrected chi connectivity index (χ3v) is 3.62. The second kappa shape index (κ2) is 12.0. The minimum atomic E-state index is 0.876. The largest absolute Gasteiger partial charge is 0.381 e. The molecule has 2 heteroatoms. The van der Waals surface area contributed by atoms with Crippen LogP contribution in [0, 0.1) is 0 Å². The fraction of sp³-hybridized carbons (Fsp3) is 1.00. The molecule has 0 heterocycles. The fourth-order valence-electron chi connectivity index (χ4n) is 2.19. The van der Waals surface area contributed by atoms with Crippen LogP contribution in [0.1, 0.15) is 77.6 Å². The van der Waals surface area contributed by atoms with E-state index in [2.05, 4.69) is 12.2 Å². The summed E-state index contributed by atoms with van der Waals surface area (Å²) in [5.41, 5.74) is 0. The molecule has 0 saturated heterocycles. The SMILES string of the molecule is CCCCCCCOCCCCCCNC1CC1. The van der Waals surface area contributed by atoms with E-state index in [0.717, 1.165) is 19.3 Å². The molecule has 108 valence electrons. The van der Waals surface area contributed by atoms with Gasteiger partial charge in [0.2, 0.25) is 0 Å². The van der Waals surface area contributed by atoms with Crippen molar-refractivity contribution in [3.05, 3.63) is 0 Å². The zero-order valence-corrected chi connectivity index (χ0v) is 12.4. The first-order valence-electron chi connectivity index (χ1n) is 8.24. The highest BCUT2D eigenvalue weighted by atomic mass is 16.5. The lowest BCUT2D eigenvalue weighted by molar-refractivity contribution is 0.125. The highest BCUT2D eigenvalue weighted by Crippen LogP contribution is 2.18. The third kappa shape index (κ3) is 11.0. The van der Waals surface area contributed by atoms with Crippen molar-refractivity contribution in [3.8, 4) is 0 Å². The second-order valence-electron chi connectivity index (χ2n) is 5.67. The van der Waals surface area contributed by atoms with E-state index in [9.17, 15) is 0 Å². The van der Waals surface area contributed by atoms with Crippen LogP contribution in [-0.2, 0) is 4.74 Å². The lowest BCUT2D eigenvalue weighted by Gasteiger charge is -2.05. The maximum absolute atomic E-state index is 5.65. The van der Waals surface area contributed by atoms with Gasteiger partial charge in [0.05, 0.1) is 0 Å². The molecule has 0 radical (unpaired) electrons. The van der Waals surface area contributed by atoms with E-state index in [1.807, 2.05) is 0 Å². The summed E-state index contributed by atoms with van der Waals surface area (Å²) in [4.78, 5) is 0. The van der Waals surface area contributed by atoms with E-state index in [4.69, 9.17) is 4.74 Å². The first-order chi connectivity index (χ1) is 8.93. The number of unbranched alkanes of at least 4 members (excludes halogenated alkanes) is 7. The smallest absolute Gasteiger partial charge is 0.0466 e. The number of hydrogen-bond donors (Lipinski definition) is 1. The molecule has 0 aliphatic heterocycles. The Morgan fingerprint density at radius 3 is 2.06 bits per heavy atom. The van der Waals surface area contributed by atoms with E-state index in [-0.39, 0.29) is 0 Å². The van der Waals surface area contributed by atoms with Gasteiger partial charge in [-0.2, -0.15) is 0 Å². The summed E-state index contributed by atoms with van der Waals surface area (Å²) in [6.07, 6.45) is 14.8. The van der Waals surface area contributed by atoms with Crippen LogP contribution in [0.15, 0.2) is 0 Å². The molecule has 18 heavy (non-hydrogen) atoms. The number of nitrogens with one attached hydrogen (secondary N) is 1. The van der Waals surface area contributed by atoms with Crippen LogP contribution in [0.2, 0.25) is 0 Å². The maximum Gasteiger partial charge on any atom is 0.0466 e. The van der Waals surface area contributed by atoms with Crippen molar-refractivity contribution in [2.24, 2.45) is 0 Å². The Morgan fingerprint density at radius 1 is 0.833 bits per heavy atom. The van der Waals surface area contributed by atoms with Gasteiger partial charge >= 0.3 is 0 Å². The van der Waals surface area contributed by atoms with Crippen LogP contribution in [0.3, 0.4) is 0 Å². The molecule has 1 N–H and O–H groups in total. The Morgan fingerprint density at radius 2 is 1.44 bits per heavy atom. The second-order valence-corrected chi connectivity index (χ2v) is 5.67. The van der Waals surface area contributed by atoms with Crippen molar-refractivity contribution in [3.63, 3.8) is 0 Å². The van der Waals surface area contributed by atoms with Crippen LogP contribution in [0.25, 0.3) is 0 Å². The molecule has 2 nitrogen and oxygen atoms in total. The monoisotopic (exact) mass is 255 g/mol. The molecule has 0 aromatic heterocycles. The molecule has 0 spiro atoms. The van der Waals surface area contributed by atoms with Crippen molar-refractivity contribution in [1.29, 1.82) is 0 Å². The van der Waals surface area contributed by atoms with Gasteiger partial charge in [0.15, 0.2) is 0 Å². The first-order valence-corrected chi connectivity index (χ1v) is 8.24. The Hall–Kier alpha value is -0.0800. The van der Waals surface area contributed by atoms with Gasteiger partial charge in [-0.1, -0.05) is 45.4 Å². The summed E-state index contributed by atoms with van der Waals surface area (Å²) >= 11 is 0. The molecule has 0 atom stereocenters. The van der Waals surface area contributed by atoms with Gasteiger partial charge < -0.3 is 10.1 Å². The van der Waals surface area contributed by atoms with Crippen LogP contribution >= 0.6 is 0 Å². The maximum atomic E-state index is 5.65. The minimum absolute atomic E-state index is 0.876. The van der Waals surface area contributed by atoms with E-state index >= 15 is 0 Å². The van der Waals surface area contributed by atoms with E-state index < -0.39 is 0 Å². The standard InChI is InChI=1S/C16H33NO/c1-2-3-4-6-9-14-18-15-10-7-5-8-13-17-16-11-12-16/h16-17H,2-15H2,1H3. The lowest BCUT2D eigenvalue weighted by atomic mass is 10.2. The van der Waals surface area contributed by atoms with Gasteiger partial charge in [-0.15, -0.1) is 0 Å². The molecule has 1 saturated carbocycles. The molecular weight excluding hydrogens is 222 g/mol. The summed E-state index contributed by atoms with van der Waals surface area (Å²) in [5, 5.41) is 3.56. The predicted octanol–water partition coefficient (Wildman–Crippen LogP) is 4.29. The predicted molar refractivity (Wildman–Crippen MR) is 79.1 cm³/mol. The molecule has 0 unspecified atom stereocenters. The molecular formula is C16H33NO. The quantitative estimate of drug-likeness (QED) is 0.468. The number of rotatable bonds is 14. The highest BCUT2D eigenvalue weighted by molar-refractivity contribution is 4.80. The highest BCUT2D eigenvalue weighted by Gasteiger charge is 2.19. The molecule has 1 aliphatic carbocycles. The average Bonchev–Trinajstić information content (AvgIpc) is 3.19. The molecule has 0 amide bonds. The van der Waals surface area contributed by atoms with Gasteiger partial charge in [-0.05, 0) is 38.6 Å². The van der Waals surface area contributed by atoms with Crippen molar-refractivity contribution in [1.82, 2.24) is 5.32 Å². The average molecular weight is 255 g/mol. The third-order valence-electron chi connectivity index (χ3n) is 3.62. The van der Waals surface area contributed by atoms with E-state index in [0.29, 0.717) is 0 Å². The van der Waals surface area contributed by atoms with Gasteiger partial charge in [-0.25, -0.2) is 0 Å². The van der Waals surface area contributed by atoms with Gasteiger partial charge in [0, 0.05) is 19.3 Å². The van der Waals surface area contributed by atoms with Crippen molar-refractivity contribution in [2.45, 2.75) is 83.6 Å². The summed E-state index contributed by atoms with van der Waals surface area (Å²) in [6, 6.07) is 0.876. The minimum Gasteiger partial charge on any atom is -0.381 e. The Balaban J connectivity index is 1.60.